The van der Waals surface area contributed by atoms with Crippen molar-refractivity contribution in [2.45, 2.75) is 12.8 Å². The first-order valence-electron chi connectivity index (χ1n) is 4.88. The third-order valence-electron chi connectivity index (χ3n) is 2.70. The number of aldehydes is 1. The van der Waals surface area contributed by atoms with Gasteiger partial charge in [-0.1, -0.05) is 0 Å². The van der Waals surface area contributed by atoms with Crippen molar-refractivity contribution in [1.29, 1.82) is 0 Å². The molecule has 15 heavy (non-hydrogen) atoms. The predicted molar refractivity (Wildman–Crippen MR) is 51.8 cm³/mol. The summed E-state index contributed by atoms with van der Waals surface area (Å²) in [7, 11) is 0. The Hall–Kier alpha value is -1.29. The van der Waals surface area contributed by atoms with Crippen LogP contribution in [0.4, 0.5) is 4.39 Å². The van der Waals surface area contributed by atoms with E-state index < -0.39 is 5.41 Å². The minimum Gasteiger partial charge on any atom is -0.380 e. The molecule has 1 aromatic rings. The quantitative estimate of drug-likeness (QED) is 0.706. The molecule has 2 rings (SSSR count). The molecule has 1 aromatic heterocycles. The van der Waals surface area contributed by atoms with Crippen LogP contribution in [0.25, 0.3) is 0 Å². The maximum absolute atomic E-state index is 12.9. The maximum Gasteiger partial charge on any atom is 0.141 e. The van der Waals surface area contributed by atoms with Crippen LogP contribution in [0.5, 0.6) is 0 Å². The highest BCUT2D eigenvalue weighted by molar-refractivity contribution is 5.61. The first-order chi connectivity index (χ1) is 7.24. The molecule has 1 aliphatic heterocycles. The fourth-order valence-corrected chi connectivity index (χ4v) is 1.86. The Labute approximate surface area is 87.3 Å². The number of rotatable bonds is 3. The average Bonchev–Trinajstić information content (AvgIpc) is 2.67. The van der Waals surface area contributed by atoms with Gasteiger partial charge in [-0.05, 0) is 24.5 Å². The van der Waals surface area contributed by atoms with Crippen molar-refractivity contribution in [2.24, 2.45) is 5.41 Å². The van der Waals surface area contributed by atoms with E-state index in [1.54, 1.807) is 6.20 Å². The van der Waals surface area contributed by atoms with Gasteiger partial charge in [0, 0.05) is 12.8 Å². The van der Waals surface area contributed by atoms with Gasteiger partial charge in [-0.15, -0.1) is 0 Å². The van der Waals surface area contributed by atoms with Crippen LogP contribution in [0.2, 0.25) is 0 Å². The number of nitrogens with zero attached hydrogens (tertiary/aromatic N) is 1. The molecule has 0 bridgehead atoms. The topological polar surface area (TPSA) is 39.2 Å². The number of halogens is 1. The summed E-state index contributed by atoms with van der Waals surface area (Å²) in [6.45, 7) is 1.02. The Kier molecular flexibility index (Phi) is 2.77. The smallest absolute Gasteiger partial charge is 0.141 e. The molecule has 0 aromatic carbocycles. The minimum absolute atomic E-state index is 0.368. The van der Waals surface area contributed by atoms with Crippen molar-refractivity contribution < 1.29 is 13.9 Å². The number of hydrogen-bond acceptors (Lipinski definition) is 3. The van der Waals surface area contributed by atoms with E-state index in [2.05, 4.69) is 4.98 Å². The number of ether oxygens (including phenoxy) is 1. The fraction of sp³-hybridized carbons (Fsp3) is 0.455. The highest BCUT2D eigenvalue weighted by Crippen LogP contribution is 2.30. The van der Waals surface area contributed by atoms with Crippen molar-refractivity contribution in [2.75, 3.05) is 13.2 Å². The van der Waals surface area contributed by atoms with E-state index in [9.17, 15) is 9.18 Å². The summed E-state index contributed by atoms with van der Waals surface area (Å²) in [4.78, 5) is 14.8. The average molecular weight is 209 g/mol. The summed E-state index contributed by atoms with van der Waals surface area (Å²) in [6.07, 6.45) is 4.87. The zero-order valence-electron chi connectivity index (χ0n) is 8.28. The molecule has 0 N–H and O–H groups in total. The van der Waals surface area contributed by atoms with E-state index in [-0.39, 0.29) is 5.82 Å². The normalized spacial score (nSPS) is 25.4. The molecule has 0 amide bonds. The number of carbonyl (C=O) groups is 1. The molecule has 0 saturated carbocycles. The predicted octanol–water partition coefficient (Wildman–Crippen LogP) is 1.37. The summed E-state index contributed by atoms with van der Waals surface area (Å²) < 4.78 is 18.1. The molecule has 2 heterocycles. The minimum atomic E-state index is -0.477. The summed E-state index contributed by atoms with van der Waals surface area (Å²) in [5.41, 5.74) is 0.266. The van der Waals surface area contributed by atoms with Crippen LogP contribution in [0.15, 0.2) is 18.5 Å². The van der Waals surface area contributed by atoms with E-state index in [4.69, 9.17) is 4.74 Å². The van der Waals surface area contributed by atoms with Gasteiger partial charge in [0.05, 0.1) is 18.2 Å². The standard InChI is InChI=1S/C11H12FNO2/c12-10-3-9(5-13-6-10)4-11(7-14)1-2-15-8-11/h3,5-7H,1-2,4,8H2. The van der Waals surface area contributed by atoms with E-state index in [1.165, 1.54) is 6.07 Å². The van der Waals surface area contributed by atoms with Gasteiger partial charge in [-0.25, -0.2) is 4.39 Å². The van der Waals surface area contributed by atoms with E-state index in [1.807, 2.05) is 0 Å². The molecule has 0 radical (unpaired) electrons. The van der Waals surface area contributed by atoms with Crippen LogP contribution < -0.4 is 0 Å². The second-order valence-corrected chi connectivity index (χ2v) is 3.97. The van der Waals surface area contributed by atoms with Crippen molar-refractivity contribution in [1.82, 2.24) is 4.98 Å². The Balaban J connectivity index is 2.16. The van der Waals surface area contributed by atoms with Crippen molar-refractivity contribution in [3.8, 4) is 0 Å². The first kappa shape index (κ1) is 10.2. The molecule has 0 aliphatic carbocycles. The maximum atomic E-state index is 12.9. The molecular formula is C11H12FNO2. The lowest BCUT2D eigenvalue weighted by atomic mass is 9.83. The second-order valence-electron chi connectivity index (χ2n) is 3.97. The van der Waals surface area contributed by atoms with Crippen LogP contribution >= 0.6 is 0 Å². The Bertz CT molecular complexity index is 361. The van der Waals surface area contributed by atoms with Crippen LogP contribution in [0.1, 0.15) is 12.0 Å². The summed E-state index contributed by atoms with van der Waals surface area (Å²) >= 11 is 0. The van der Waals surface area contributed by atoms with Crippen LogP contribution in [0, 0.1) is 11.2 Å². The first-order valence-corrected chi connectivity index (χ1v) is 4.88. The highest BCUT2D eigenvalue weighted by atomic mass is 19.1. The monoisotopic (exact) mass is 209 g/mol. The molecule has 4 heteroatoms. The number of aromatic nitrogens is 1. The van der Waals surface area contributed by atoms with Crippen molar-refractivity contribution >= 4 is 6.29 Å². The molecule has 1 fully saturated rings. The molecule has 1 unspecified atom stereocenters. The number of pyridine rings is 1. The van der Waals surface area contributed by atoms with Gasteiger partial charge in [0.15, 0.2) is 0 Å². The van der Waals surface area contributed by atoms with Gasteiger partial charge in [0.2, 0.25) is 0 Å². The molecular weight excluding hydrogens is 197 g/mol. The Morgan fingerprint density at radius 2 is 2.47 bits per heavy atom. The summed E-state index contributed by atoms with van der Waals surface area (Å²) in [5.74, 6) is -0.368. The van der Waals surface area contributed by atoms with E-state index in [0.717, 1.165) is 18.0 Å². The third kappa shape index (κ3) is 2.21. The zero-order chi connectivity index (χ0) is 10.7. The zero-order valence-corrected chi connectivity index (χ0v) is 8.28. The molecule has 1 atom stereocenters. The lowest BCUT2D eigenvalue weighted by molar-refractivity contribution is -0.116. The van der Waals surface area contributed by atoms with E-state index in [0.29, 0.717) is 26.1 Å². The summed E-state index contributed by atoms with van der Waals surface area (Å²) in [5, 5.41) is 0. The number of hydrogen-bond donors (Lipinski definition) is 0. The van der Waals surface area contributed by atoms with Gasteiger partial charge >= 0.3 is 0 Å². The summed E-state index contributed by atoms with van der Waals surface area (Å²) in [6, 6.07) is 1.41. The van der Waals surface area contributed by atoms with Gasteiger partial charge in [0.1, 0.15) is 12.1 Å². The number of carbonyl (C=O) groups excluding carboxylic acids is 1. The van der Waals surface area contributed by atoms with Crippen molar-refractivity contribution in [3.63, 3.8) is 0 Å². The van der Waals surface area contributed by atoms with Crippen LogP contribution in [-0.2, 0) is 16.0 Å². The lowest BCUT2D eigenvalue weighted by Gasteiger charge is -2.19. The van der Waals surface area contributed by atoms with E-state index >= 15 is 0 Å². The third-order valence-corrected chi connectivity index (χ3v) is 2.70. The van der Waals surface area contributed by atoms with Gasteiger partial charge in [-0.3, -0.25) is 4.98 Å². The Morgan fingerprint density at radius 3 is 3.07 bits per heavy atom. The highest BCUT2D eigenvalue weighted by Gasteiger charge is 2.34. The van der Waals surface area contributed by atoms with Crippen LogP contribution in [0.3, 0.4) is 0 Å². The molecule has 1 saturated heterocycles. The lowest BCUT2D eigenvalue weighted by Crippen LogP contribution is -2.25. The molecule has 0 spiro atoms. The molecule has 1 aliphatic rings. The van der Waals surface area contributed by atoms with Crippen LogP contribution in [-0.4, -0.2) is 24.5 Å². The molecule has 3 nitrogen and oxygen atoms in total. The second kappa shape index (κ2) is 4.06. The van der Waals surface area contributed by atoms with Gasteiger partial charge < -0.3 is 9.53 Å². The molecule has 80 valence electrons. The van der Waals surface area contributed by atoms with Crippen molar-refractivity contribution in [3.05, 3.63) is 29.8 Å². The Morgan fingerprint density at radius 1 is 1.60 bits per heavy atom. The fourth-order valence-electron chi connectivity index (χ4n) is 1.86. The largest absolute Gasteiger partial charge is 0.380 e. The van der Waals surface area contributed by atoms with Gasteiger partial charge in [-0.2, -0.15) is 0 Å². The SMILES string of the molecule is O=CC1(Cc2cncc(F)c2)CCOC1. The van der Waals surface area contributed by atoms with Gasteiger partial charge in [0.25, 0.3) is 0 Å².